The summed E-state index contributed by atoms with van der Waals surface area (Å²) in [7, 11) is 0. The van der Waals surface area contributed by atoms with Crippen LogP contribution in [-0.2, 0) is 0 Å². The molecule has 0 spiro atoms. The molecule has 0 saturated carbocycles. The number of para-hydroxylation sites is 2. The van der Waals surface area contributed by atoms with E-state index in [9.17, 15) is 0 Å². The third kappa shape index (κ3) is 2.23. The molecule has 24 heavy (non-hydrogen) atoms. The molecule has 2 aromatic heterocycles. The zero-order valence-corrected chi connectivity index (χ0v) is 14.2. The van der Waals surface area contributed by atoms with Crippen LogP contribution in [0, 0.1) is 6.07 Å². The maximum absolute atomic E-state index is 4.80. The first-order valence-corrected chi connectivity index (χ1v) is 9.24. The molecule has 0 bridgehead atoms. The molecule has 0 aliphatic carbocycles. The summed E-state index contributed by atoms with van der Waals surface area (Å²) >= 11 is 3.41. The highest BCUT2D eigenvalue weighted by atomic mass is 32.1. The monoisotopic (exact) mass is 343 g/mol. The number of nitrogens with zero attached hydrogens (tertiary/aromatic N) is 2. The minimum absolute atomic E-state index is 0.992. The Kier molecular flexibility index (Phi) is 3.18. The highest BCUT2D eigenvalue weighted by molar-refractivity contribution is 7.22. The molecule has 0 amide bonds. The fourth-order valence-corrected chi connectivity index (χ4v) is 4.74. The predicted molar refractivity (Wildman–Crippen MR) is 103 cm³/mol. The second-order valence-corrected chi connectivity index (χ2v) is 7.49. The molecule has 0 aliphatic rings. The Labute approximate surface area is 147 Å². The number of fused-ring (bicyclic) bond motifs is 2. The number of rotatable bonds is 2. The van der Waals surface area contributed by atoms with E-state index in [1.165, 1.54) is 9.40 Å². The van der Waals surface area contributed by atoms with Crippen LogP contribution in [0.2, 0.25) is 0 Å². The van der Waals surface area contributed by atoms with E-state index < -0.39 is 0 Å². The summed E-state index contributed by atoms with van der Waals surface area (Å²) in [5.74, 6) is 0. The van der Waals surface area contributed by atoms with Gasteiger partial charge in [0.15, 0.2) is 0 Å². The minimum atomic E-state index is 0.992. The van der Waals surface area contributed by atoms with Crippen molar-refractivity contribution in [3.63, 3.8) is 0 Å². The Morgan fingerprint density at radius 2 is 1.29 bits per heavy atom. The van der Waals surface area contributed by atoms with Gasteiger partial charge in [0.05, 0.1) is 20.4 Å². The second-order valence-electron chi connectivity index (χ2n) is 5.43. The van der Waals surface area contributed by atoms with Gasteiger partial charge < -0.3 is 0 Å². The van der Waals surface area contributed by atoms with Crippen LogP contribution >= 0.6 is 22.7 Å². The number of benzene rings is 3. The fourth-order valence-electron chi connectivity index (χ4n) is 2.76. The van der Waals surface area contributed by atoms with Gasteiger partial charge in [-0.1, -0.05) is 42.5 Å². The molecule has 0 unspecified atom stereocenters. The van der Waals surface area contributed by atoms with Crippen LogP contribution in [-0.4, -0.2) is 9.97 Å². The third-order valence-corrected chi connectivity index (χ3v) is 6.01. The Morgan fingerprint density at radius 3 is 2.00 bits per heavy atom. The third-order valence-electron chi connectivity index (χ3n) is 3.89. The van der Waals surface area contributed by atoms with Crippen molar-refractivity contribution in [3.8, 4) is 21.1 Å². The van der Waals surface area contributed by atoms with Crippen LogP contribution in [0.1, 0.15) is 0 Å². The van der Waals surface area contributed by atoms with E-state index in [-0.39, 0.29) is 0 Å². The van der Waals surface area contributed by atoms with Gasteiger partial charge in [0.1, 0.15) is 10.0 Å². The van der Waals surface area contributed by atoms with Gasteiger partial charge in [-0.2, -0.15) is 0 Å². The van der Waals surface area contributed by atoms with E-state index >= 15 is 0 Å². The van der Waals surface area contributed by atoms with E-state index in [4.69, 9.17) is 9.97 Å². The smallest absolute Gasteiger partial charge is 0.125 e. The Balaban J connectivity index is 1.72. The Hall–Kier alpha value is -2.56. The van der Waals surface area contributed by atoms with Gasteiger partial charge >= 0.3 is 0 Å². The van der Waals surface area contributed by atoms with Crippen LogP contribution in [0.3, 0.4) is 0 Å². The topological polar surface area (TPSA) is 25.8 Å². The molecule has 5 aromatic rings. The molecule has 0 aliphatic heterocycles. The summed E-state index contributed by atoms with van der Waals surface area (Å²) in [5.41, 5.74) is 4.19. The highest BCUT2D eigenvalue weighted by Gasteiger charge is 2.14. The maximum atomic E-state index is 4.80. The zero-order valence-electron chi connectivity index (χ0n) is 12.6. The SMILES string of the molecule is [c]1cccc(-c2nc3ccccc3s2)c1-c1nc2ccccc2s1. The molecule has 113 valence electrons. The Bertz CT molecular complexity index is 1010. The van der Waals surface area contributed by atoms with Gasteiger partial charge in [0, 0.05) is 11.1 Å². The molecule has 2 nitrogen and oxygen atoms in total. The molecule has 0 N–H and O–H groups in total. The number of hydrogen-bond acceptors (Lipinski definition) is 4. The Morgan fingerprint density at radius 1 is 0.667 bits per heavy atom. The van der Waals surface area contributed by atoms with Crippen LogP contribution < -0.4 is 0 Å². The highest BCUT2D eigenvalue weighted by Crippen LogP contribution is 2.38. The summed E-state index contributed by atoms with van der Waals surface area (Å²) in [6.07, 6.45) is 0. The van der Waals surface area contributed by atoms with Crippen LogP contribution in [0.5, 0.6) is 0 Å². The first-order chi connectivity index (χ1) is 11.9. The van der Waals surface area contributed by atoms with E-state index in [1.54, 1.807) is 22.7 Å². The molecule has 0 saturated heterocycles. The van der Waals surface area contributed by atoms with Gasteiger partial charge in [-0.3, -0.25) is 0 Å². The number of aromatic nitrogens is 2. The summed E-state index contributed by atoms with van der Waals surface area (Å²) in [6.45, 7) is 0. The molecule has 0 fully saturated rings. The van der Waals surface area contributed by atoms with Crippen molar-refractivity contribution in [3.05, 3.63) is 72.8 Å². The number of thiazole rings is 2. The van der Waals surface area contributed by atoms with Crippen LogP contribution in [0.15, 0.2) is 66.7 Å². The lowest BCUT2D eigenvalue weighted by molar-refractivity contribution is 1.44. The molecule has 5 rings (SSSR count). The van der Waals surface area contributed by atoms with E-state index in [2.05, 4.69) is 42.5 Å². The van der Waals surface area contributed by atoms with Crippen molar-refractivity contribution < 1.29 is 0 Å². The van der Waals surface area contributed by atoms with Crippen molar-refractivity contribution in [1.29, 1.82) is 0 Å². The fraction of sp³-hybridized carbons (Fsp3) is 0. The average Bonchev–Trinajstić information content (AvgIpc) is 3.25. The molecule has 4 heteroatoms. The molecule has 1 radical (unpaired) electrons. The zero-order chi connectivity index (χ0) is 15.9. The first kappa shape index (κ1) is 13.8. The van der Waals surface area contributed by atoms with Gasteiger partial charge in [0.2, 0.25) is 0 Å². The normalized spacial score (nSPS) is 11.3. The largest absolute Gasteiger partial charge is 0.236 e. The summed E-state index contributed by atoms with van der Waals surface area (Å²) in [6, 6.07) is 25.9. The maximum Gasteiger partial charge on any atom is 0.125 e. The molecule has 2 heterocycles. The van der Waals surface area contributed by atoms with Crippen LogP contribution in [0.4, 0.5) is 0 Å². The molecule has 0 atom stereocenters. The molecular weight excluding hydrogens is 332 g/mol. The van der Waals surface area contributed by atoms with Crippen molar-refractivity contribution in [2.45, 2.75) is 0 Å². The summed E-state index contributed by atoms with van der Waals surface area (Å²) in [5, 5.41) is 2.01. The van der Waals surface area contributed by atoms with Gasteiger partial charge in [-0.25, -0.2) is 9.97 Å². The molecular formula is C20H11N2S2. The van der Waals surface area contributed by atoms with E-state index in [0.717, 1.165) is 32.2 Å². The van der Waals surface area contributed by atoms with Gasteiger partial charge in [0.25, 0.3) is 0 Å². The quantitative estimate of drug-likeness (QED) is 0.390. The van der Waals surface area contributed by atoms with Gasteiger partial charge in [-0.05, 0) is 30.3 Å². The lowest BCUT2D eigenvalue weighted by Gasteiger charge is -2.02. The minimum Gasteiger partial charge on any atom is -0.236 e. The lowest BCUT2D eigenvalue weighted by atomic mass is 10.1. The van der Waals surface area contributed by atoms with Crippen LogP contribution in [0.25, 0.3) is 41.6 Å². The number of hydrogen-bond donors (Lipinski definition) is 0. The lowest BCUT2D eigenvalue weighted by Crippen LogP contribution is -1.83. The van der Waals surface area contributed by atoms with Gasteiger partial charge in [-0.15, -0.1) is 22.7 Å². The van der Waals surface area contributed by atoms with E-state index in [1.807, 2.05) is 30.3 Å². The summed E-state index contributed by atoms with van der Waals surface area (Å²) in [4.78, 5) is 9.59. The average molecular weight is 343 g/mol. The van der Waals surface area contributed by atoms with Crippen molar-refractivity contribution >= 4 is 43.1 Å². The van der Waals surface area contributed by atoms with Crippen molar-refractivity contribution in [2.24, 2.45) is 0 Å². The summed E-state index contributed by atoms with van der Waals surface area (Å²) < 4.78 is 2.40. The second kappa shape index (κ2) is 5.51. The first-order valence-electron chi connectivity index (χ1n) is 7.61. The predicted octanol–water partition coefficient (Wildman–Crippen LogP) is 6.04. The standard InChI is InChI=1S/C20H11N2S2/c1-2-8-14(20-22-16-10-4-6-12-18(16)24-20)13(7-1)19-21-15-9-3-5-11-17(15)23-19/h1-7,9-12H. The van der Waals surface area contributed by atoms with Crippen molar-refractivity contribution in [1.82, 2.24) is 9.97 Å². The molecule has 3 aromatic carbocycles. The van der Waals surface area contributed by atoms with E-state index in [0.29, 0.717) is 0 Å². The van der Waals surface area contributed by atoms with Crippen molar-refractivity contribution in [2.75, 3.05) is 0 Å².